The quantitative estimate of drug-likeness (QED) is 0.241. The molecule has 1 amide bonds. The van der Waals surface area contributed by atoms with E-state index < -0.39 is 0 Å². The molecular weight excluding hydrogens is 434 g/mol. The third-order valence-corrected chi connectivity index (χ3v) is 4.83. The molecular formula is C26H25N3O5. The van der Waals surface area contributed by atoms with Crippen LogP contribution in [0.2, 0.25) is 0 Å². The number of hydrogen-bond acceptors (Lipinski definition) is 5. The van der Waals surface area contributed by atoms with E-state index in [2.05, 4.69) is 15.3 Å². The van der Waals surface area contributed by atoms with Gasteiger partial charge in [-0.05, 0) is 61.0 Å². The number of carbonyl (C=O) groups is 1. The number of H-pyrrole nitrogens is 2. The summed E-state index contributed by atoms with van der Waals surface area (Å²) >= 11 is 0. The maximum Gasteiger partial charge on any atom is 0.323 e. The van der Waals surface area contributed by atoms with Gasteiger partial charge in [-0.3, -0.25) is 4.79 Å². The Balaban J connectivity index is 1.35. The molecule has 0 saturated heterocycles. The molecule has 0 saturated carbocycles. The molecule has 3 N–H and O–H groups in total. The zero-order valence-electron chi connectivity index (χ0n) is 18.7. The third kappa shape index (κ3) is 6.07. The average molecular weight is 460 g/mol. The van der Waals surface area contributed by atoms with Crippen molar-refractivity contribution >= 4 is 28.7 Å². The van der Waals surface area contributed by atoms with E-state index in [1.165, 1.54) is 6.08 Å². The molecule has 8 nitrogen and oxygen atoms in total. The van der Waals surface area contributed by atoms with Crippen molar-refractivity contribution in [3.8, 4) is 17.2 Å². The van der Waals surface area contributed by atoms with Gasteiger partial charge < -0.3 is 29.5 Å². The molecule has 0 fully saturated rings. The minimum absolute atomic E-state index is 0.292. The predicted octanol–water partition coefficient (Wildman–Crippen LogP) is 4.36. The second-order valence-electron chi connectivity index (χ2n) is 7.31. The number of carbonyl (C=O) groups excluding carboxylic acids is 1. The number of rotatable bonds is 10. The number of hydrogen-bond donors (Lipinski definition) is 3. The van der Waals surface area contributed by atoms with Gasteiger partial charge in [0.15, 0.2) is 11.5 Å². The van der Waals surface area contributed by atoms with Crippen LogP contribution in [0.15, 0.2) is 77.6 Å². The minimum atomic E-state index is -0.298. The third-order valence-electron chi connectivity index (χ3n) is 4.83. The van der Waals surface area contributed by atoms with Gasteiger partial charge in [0.1, 0.15) is 19.0 Å². The Labute approximate surface area is 196 Å². The lowest BCUT2D eigenvalue weighted by Gasteiger charge is -2.13. The molecule has 1 aromatic heterocycles. The van der Waals surface area contributed by atoms with Crippen LogP contribution in [0.3, 0.4) is 0 Å². The van der Waals surface area contributed by atoms with Crippen molar-refractivity contribution in [1.82, 2.24) is 9.97 Å². The standard InChI is InChI=1S/C26H25N3O5/c1-2-32-24-16-18(8-12-23(24)34-15-14-33-20-6-4-3-5-7-20)9-13-25(30)27-19-10-11-21-22(17-19)29-26(31)28-21/h3-13,16-17H,2,14-15H2,1H3,(H,27,30)(H2,28,29,31)/b13-9+. The highest BCUT2D eigenvalue weighted by Gasteiger charge is 2.07. The molecule has 0 aliphatic carbocycles. The predicted molar refractivity (Wildman–Crippen MR) is 132 cm³/mol. The Kier molecular flexibility index (Phi) is 7.29. The van der Waals surface area contributed by atoms with Crippen LogP contribution in [0.5, 0.6) is 17.2 Å². The first-order chi connectivity index (χ1) is 16.6. The number of nitrogens with one attached hydrogen (secondary N) is 3. The molecule has 0 unspecified atom stereocenters. The van der Waals surface area contributed by atoms with Gasteiger partial charge in [0.05, 0.1) is 17.6 Å². The number of aromatic amines is 2. The number of benzene rings is 3. The van der Waals surface area contributed by atoms with Crippen LogP contribution in [0.25, 0.3) is 17.1 Å². The summed E-state index contributed by atoms with van der Waals surface area (Å²) in [6, 6.07) is 20.2. The Hall–Kier alpha value is -4.46. The zero-order valence-corrected chi connectivity index (χ0v) is 18.7. The highest BCUT2D eigenvalue weighted by atomic mass is 16.5. The van der Waals surface area contributed by atoms with Crippen molar-refractivity contribution in [3.05, 3.63) is 88.9 Å². The fraction of sp³-hybridized carbons (Fsp3) is 0.154. The lowest BCUT2D eigenvalue weighted by molar-refractivity contribution is -0.111. The van der Waals surface area contributed by atoms with Gasteiger partial charge in [-0.25, -0.2) is 4.79 Å². The van der Waals surface area contributed by atoms with E-state index in [1.807, 2.05) is 49.4 Å². The second kappa shape index (κ2) is 10.9. The van der Waals surface area contributed by atoms with E-state index in [0.717, 1.165) is 11.3 Å². The van der Waals surface area contributed by atoms with Gasteiger partial charge >= 0.3 is 5.69 Å². The lowest BCUT2D eigenvalue weighted by Crippen LogP contribution is -2.10. The first-order valence-electron chi connectivity index (χ1n) is 10.9. The molecule has 8 heteroatoms. The SMILES string of the molecule is CCOc1cc(/C=C/C(=O)Nc2ccc3[nH]c(=O)[nH]c3c2)ccc1OCCOc1ccccc1. The van der Waals surface area contributed by atoms with Crippen LogP contribution in [0.1, 0.15) is 12.5 Å². The highest BCUT2D eigenvalue weighted by molar-refractivity contribution is 6.02. The van der Waals surface area contributed by atoms with Crippen molar-refractivity contribution in [1.29, 1.82) is 0 Å². The van der Waals surface area contributed by atoms with E-state index in [0.29, 0.717) is 48.0 Å². The van der Waals surface area contributed by atoms with Crippen LogP contribution in [-0.4, -0.2) is 35.7 Å². The van der Waals surface area contributed by atoms with E-state index in [-0.39, 0.29) is 11.6 Å². The summed E-state index contributed by atoms with van der Waals surface area (Å²) in [6.45, 7) is 3.14. The van der Waals surface area contributed by atoms with Crippen molar-refractivity contribution in [3.63, 3.8) is 0 Å². The van der Waals surface area contributed by atoms with Crippen LogP contribution < -0.4 is 25.2 Å². The van der Waals surface area contributed by atoms with Crippen molar-refractivity contribution in [2.75, 3.05) is 25.1 Å². The smallest absolute Gasteiger partial charge is 0.323 e. The number of imidazole rings is 1. The van der Waals surface area contributed by atoms with E-state index in [1.54, 1.807) is 30.3 Å². The fourth-order valence-corrected chi connectivity index (χ4v) is 3.31. The van der Waals surface area contributed by atoms with Crippen LogP contribution in [0.4, 0.5) is 5.69 Å². The first-order valence-corrected chi connectivity index (χ1v) is 10.9. The molecule has 4 aromatic rings. The monoisotopic (exact) mass is 459 g/mol. The molecule has 0 atom stereocenters. The molecule has 0 spiro atoms. The zero-order chi connectivity index (χ0) is 23.8. The molecule has 0 aliphatic heterocycles. The summed E-state index contributed by atoms with van der Waals surface area (Å²) in [4.78, 5) is 29.1. The van der Waals surface area contributed by atoms with Gasteiger partial charge in [-0.2, -0.15) is 0 Å². The van der Waals surface area contributed by atoms with Gasteiger partial charge in [-0.1, -0.05) is 24.3 Å². The van der Waals surface area contributed by atoms with E-state index in [4.69, 9.17) is 14.2 Å². The Morgan fingerprint density at radius 1 is 0.882 bits per heavy atom. The molecule has 0 bridgehead atoms. The number of para-hydroxylation sites is 1. The van der Waals surface area contributed by atoms with Crippen LogP contribution >= 0.6 is 0 Å². The number of aromatic nitrogens is 2. The largest absolute Gasteiger partial charge is 0.490 e. The van der Waals surface area contributed by atoms with Gasteiger partial charge in [-0.15, -0.1) is 0 Å². The second-order valence-corrected chi connectivity index (χ2v) is 7.31. The highest BCUT2D eigenvalue weighted by Crippen LogP contribution is 2.29. The van der Waals surface area contributed by atoms with Gasteiger partial charge in [0.25, 0.3) is 0 Å². The lowest BCUT2D eigenvalue weighted by atomic mass is 10.2. The van der Waals surface area contributed by atoms with Crippen LogP contribution in [0, 0.1) is 0 Å². The van der Waals surface area contributed by atoms with E-state index >= 15 is 0 Å². The molecule has 0 radical (unpaired) electrons. The molecule has 4 rings (SSSR count). The fourth-order valence-electron chi connectivity index (χ4n) is 3.31. The summed E-state index contributed by atoms with van der Waals surface area (Å²) < 4.78 is 17.2. The van der Waals surface area contributed by atoms with Crippen molar-refractivity contribution in [2.24, 2.45) is 0 Å². The van der Waals surface area contributed by atoms with Gasteiger partial charge in [0.2, 0.25) is 5.91 Å². The maximum absolute atomic E-state index is 12.3. The van der Waals surface area contributed by atoms with Gasteiger partial charge in [0, 0.05) is 11.8 Å². The molecule has 1 heterocycles. The number of ether oxygens (including phenoxy) is 3. The Morgan fingerprint density at radius 3 is 2.50 bits per heavy atom. The Bertz CT molecular complexity index is 1340. The van der Waals surface area contributed by atoms with Crippen molar-refractivity contribution in [2.45, 2.75) is 6.92 Å². The normalized spacial score (nSPS) is 11.0. The number of fused-ring (bicyclic) bond motifs is 1. The summed E-state index contributed by atoms with van der Waals surface area (Å²) in [5, 5.41) is 2.78. The summed E-state index contributed by atoms with van der Waals surface area (Å²) in [6.07, 6.45) is 3.13. The Morgan fingerprint density at radius 2 is 1.68 bits per heavy atom. The summed E-state index contributed by atoms with van der Waals surface area (Å²) in [5.74, 6) is 1.69. The number of amides is 1. The molecule has 3 aromatic carbocycles. The molecule has 174 valence electrons. The van der Waals surface area contributed by atoms with Crippen molar-refractivity contribution < 1.29 is 19.0 Å². The van der Waals surface area contributed by atoms with E-state index in [9.17, 15) is 9.59 Å². The summed E-state index contributed by atoms with van der Waals surface area (Å²) in [7, 11) is 0. The minimum Gasteiger partial charge on any atom is -0.490 e. The summed E-state index contributed by atoms with van der Waals surface area (Å²) in [5.41, 5.74) is 2.37. The molecule has 34 heavy (non-hydrogen) atoms. The number of anilines is 1. The topological polar surface area (TPSA) is 105 Å². The average Bonchev–Trinajstić information content (AvgIpc) is 3.21. The van der Waals surface area contributed by atoms with Crippen LogP contribution in [-0.2, 0) is 4.79 Å². The first kappa shape index (κ1) is 22.7. The maximum atomic E-state index is 12.3. The molecule has 0 aliphatic rings.